The van der Waals surface area contributed by atoms with E-state index < -0.39 is 144 Å². The van der Waals surface area contributed by atoms with E-state index in [0.29, 0.717) is 47.8 Å². The molecule has 0 radical (unpaired) electrons. The van der Waals surface area contributed by atoms with Gasteiger partial charge in [0.05, 0.1) is 49.4 Å². The van der Waals surface area contributed by atoms with E-state index in [1.54, 1.807) is 0 Å². The maximum Gasteiger partial charge on any atom is 0.305 e. The predicted octanol–water partition coefficient (Wildman–Crippen LogP) is 2.38. The van der Waals surface area contributed by atoms with Crippen LogP contribution in [0.4, 0.5) is 51.0 Å². The van der Waals surface area contributed by atoms with Crippen molar-refractivity contribution in [2.75, 3.05) is 74.0 Å². The zero-order valence-corrected chi connectivity index (χ0v) is 70.0. The molecule has 692 valence electrons. The van der Waals surface area contributed by atoms with Crippen LogP contribution in [-0.2, 0) is 33.2 Å². The van der Waals surface area contributed by atoms with Gasteiger partial charge in [0, 0.05) is 48.3 Å². The van der Waals surface area contributed by atoms with Gasteiger partial charge in [0.15, 0.2) is 135 Å². The topological polar surface area (TPSA) is 615 Å². The number of aliphatic hydroxyl groups excluding tert-OH is 6. The van der Waals surface area contributed by atoms with Crippen LogP contribution in [-0.4, -0.2) is 278 Å². The molecule has 19 N–H and O–H groups in total. The van der Waals surface area contributed by atoms with E-state index in [-0.39, 0.29) is 116 Å². The summed E-state index contributed by atoms with van der Waals surface area (Å²) in [6.07, 6.45) is 35.9. The quantitative estimate of drug-likeness (QED) is 0.0138. The van der Waals surface area contributed by atoms with Crippen molar-refractivity contribution >= 4 is 90.9 Å². The van der Waals surface area contributed by atoms with E-state index in [0.717, 1.165) is 30.2 Å². The molecule has 10 aromatic rings. The fourth-order valence-electron chi connectivity index (χ4n) is 15.3. The number of terminal acetylenes is 5. The molecule has 0 bridgehead atoms. The molecule has 15 rings (SSSR count). The van der Waals surface area contributed by atoms with Gasteiger partial charge < -0.3 is 112 Å². The average Bonchev–Trinajstić information content (AvgIpc) is 1.65. The van der Waals surface area contributed by atoms with Crippen molar-refractivity contribution in [3.63, 3.8) is 0 Å². The number of aliphatic hydroxyl groups is 11. The lowest BCUT2D eigenvalue weighted by atomic mass is 9.84. The first kappa shape index (κ1) is 91.8. The molecule has 48 heteroatoms. The Morgan fingerprint density at radius 2 is 0.760 bits per heavy atom. The Morgan fingerprint density at radius 1 is 0.450 bits per heavy atom. The van der Waals surface area contributed by atoms with E-state index in [2.05, 4.69) is 120 Å². The number of nitrogens with zero attached hydrogens (tertiary/aromatic N) is 20. The number of aromatic nitrogens is 20. The molecule has 15 heterocycles. The Morgan fingerprint density at radius 3 is 1.14 bits per heavy atom. The van der Waals surface area contributed by atoms with Crippen molar-refractivity contribution in [3.05, 3.63) is 63.3 Å². The first-order valence-electron chi connectivity index (χ1n) is 42.5. The van der Waals surface area contributed by atoms with Gasteiger partial charge >= 0.3 is 5.97 Å². The highest BCUT2D eigenvalue weighted by atomic mass is 19.2. The molecule has 129 heavy (non-hydrogen) atoms. The Balaban J connectivity index is 0.000000161. The number of hydrogen-bond acceptors (Lipinski definition) is 38. The smallest absolute Gasteiger partial charge is 0.305 e. The predicted molar refractivity (Wildman–Crippen MR) is 447 cm³/mol. The van der Waals surface area contributed by atoms with Crippen molar-refractivity contribution in [3.8, 4) is 61.7 Å². The zero-order chi connectivity index (χ0) is 97.0. The fourth-order valence-corrected chi connectivity index (χ4v) is 15.3. The molecule has 0 aliphatic carbocycles. The van der Waals surface area contributed by atoms with Gasteiger partial charge in [-0.15, -0.1) is 32.1 Å². The fraction of sp³-hybridized carbons (Fsp3) is 0.556. The van der Waals surface area contributed by atoms with Crippen LogP contribution < -0.4 is 27.8 Å². The Kier molecular flexibility index (Phi) is 27.9. The van der Waals surface area contributed by atoms with Gasteiger partial charge in [0.2, 0.25) is 31.6 Å². The van der Waals surface area contributed by atoms with Gasteiger partial charge in [0.1, 0.15) is 61.4 Å². The molecule has 10 aromatic heterocycles. The van der Waals surface area contributed by atoms with Crippen molar-refractivity contribution in [2.45, 2.75) is 219 Å². The number of alkyl halides is 5. The number of carbonyl (C=O) groups excluding carboxylic acids is 1. The molecule has 5 saturated heterocycles. The van der Waals surface area contributed by atoms with Crippen LogP contribution in [0.1, 0.15) is 152 Å². The van der Waals surface area contributed by atoms with Crippen molar-refractivity contribution in [1.82, 2.24) is 97.6 Å². The molecule has 20 atom stereocenters. The van der Waals surface area contributed by atoms with E-state index in [1.165, 1.54) is 115 Å². The summed E-state index contributed by atoms with van der Waals surface area (Å²) >= 11 is 0. The van der Waals surface area contributed by atoms with Gasteiger partial charge in [-0.1, -0.05) is 95.8 Å². The molecule has 0 spiro atoms. The third-order valence-corrected chi connectivity index (χ3v) is 23.0. The molecule has 5 aliphatic rings. The van der Waals surface area contributed by atoms with E-state index in [4.69, 9.17) is 88.4 Å². The number of nitrogens with two attached hydrogens (primary N) is 3. The van der Waals surface area contributed by atoms with Gasteiger partial charge in [-0.25, -0.2) is 96.7 Å². The number of rotatable bonds is 29. The van der Waals surface area contributed by atoms with Crippen LogP contribution in [0.2, 0.25) is 0 Å². The monoisotopic (exact) mass is 1810 g/mol. The maximum atomic E-state index is 15.8. The van der Waals surface area contributed by atoms with E-state index in [9.17, 15) is 54.4 Å². The number of fused-ring (bicyclic) bond motifs is 5. The molecular formula is C81H100F5N25O18. The lowest BCUT2D eigenvalue weighted by Gasteiger charge is -2.27. The largest absolute Gasteiger partial charge is 0.460 e. The highest BCUT2D eigenvalue weighted by Crippen LogP contribution is 2.55. The van der Waals surface area contributed by atoms with Gasteiger partial charge in [-0.3, -0.25) is 27.6 Å². The number of hydrogen-bond donors (Lipinski definition) is 16. The minimum absolute atomic E-state index is 0.0349. The van der Waals surface area contributed by atoms with Gasteiger partial charge in [-0.2, -0.15) is 0 Å². The lowest BCUT2D eigenvalue weighted by molar-refractivity contribution is -0.206. The van der Waals surface area contributed by atoms with Crippen molar-refractivity contribution in [1.29, 1.82) is 2.86 Å². The molecule has 5 fully saturated rings. The second-order valence-corrected chi connectivity index (χ2v) is 30.8. The van der Waals surface area contributed by atoms with E-state index in [1.807, 2.05) is 11.8 Å². The second kappa shape index (κ2) is 39.1. The molecule has 0 unspecified atom stereocenters. The minimum atomic E-state index is -2.93. The van der Waals surface area contributed by atoms with Gasteiger partial charge in [-0.05, 0) is 33.1 Å². The number of imidazole rings is 5. The lowest BCUT2D eigenvalue weighted by Crippen LogP contribution is -2.49. The summed E-state index contributed by atoms with van der Waals surface area (Å²) in [4.78, 5) is 72.5. The summed E-state index contributed by atoms with van der Waals surface area (Å²) in [7, 11) is 0. The number of halogens is 5. The molecule has 43 nitrogen and oxygen atoms in total. The average molecular weight is 1810 g/mol. The van der Waals surface area contributed by atoms with Gasteiger partial charge in [0.25, 0.3) is 11.7 Å². The number of carbonyl (C=O) groups is 1. The Hall–Kier alpha value is -12.0. The first-order valence-corrected chi connectivity index (χ1v) is 40.3. The molecule has 0 aromatic carbocycles. The number of esters is 1. The molecular weight excluding hydrogens is 1710 g/mol. The number of nitrogens with one attached hydrogen (secondary N) is 2. The summed E-state index contributed by atoms with van der Waals surface area (Å²) in [6, 6.07) is 0. The van der Waals surface area contributed by atoms with Crippen LogP contribution in [0.15, 0.2) is 63.3 Å². The number of unbranched alkanes of at least 4 members (excludes halogenated alkanes) is 6. The Labute approximate surface area is 738 Å². The summed E-state index contributed by atoms with van der Waals surface area (Å²) < 4.78 is 142. The highest BCUT2D eigenvalue weighted by molar-refractivity contribution is 5.85. The van der Waals surface area contributed by atoms with Crippen LogP contribution in [0, 0.1) is 79.5 Å². The van der Waals surface area contributed by atoms with Crippen molar-refractivity contribution in [2.24, 2.45) is 17.8 Å². The van der Waals surface area contributed by atoms with Crippen LogP contribution in [0.5, 0.6) is 0 Å². The Bertz CT molecular complexity index is 5680. The number of anilines is 5. The van der Waals surface area contributed by atoms with Crippen LogP contribution in [0.3, 0.4) is 0 Å². The van der Waals surface area contributed by atoms with Crippen LogP contribution in [0.25, 0.3) is 55.8 Å². The third kappa shape index (κ3) is 17.9. The minimum Gasteiger partial charge on any atom is -0.460 e. The zero-order valence-electron chi connectivity index (χ0n) is 74.0. The summed E-state index contributed by atoms with van der Waals surface area (Å²) in [5.74, 6) is -5.00. The highest BCUT2D eigenvalue weighted by Gasteiger charge is 2.69. The standard InChI is InChI=1S/C23H32FN5O4.C17H22FN5O3.C16H20FN5O4.C13H14FN5O3.C12H12FN5O4/c1-4-6-7-8-9-10-11-12-17(30)32-13-23(24)16(3)22(31,5-2)21(33-23)29-15-28-18-19(25)26-14-27-20(18)29;1-4-16(25)11(3)17(18,7-6-8-24)26-15(16)23-10-22-12-13(19-5-2)20-9-21-14(12)23;1-3-15(25)13(24)16(17,6-5-7-23)26-14(15)22-9-21-10-11(18-4-2)19-8-20-12(10)22;1-3-12(21)7(2)13(14,4-20)22-11(12)19-6-18-8-9(15)16-5-17-10(8)19;1-2-11(21)9(20)12(13,3-19)22-10(11)18-5-17-6-7(14)15-4-16-8(6)18/h2,14-16,21,31H,4,6-13H2,1,3H3,(H2,25,26,27);1,9-11,15,24-25H,5-8H2,2-3H3,(H,19,20,21);1,8-9,13-14,23-25H,4-7H2,2H3,(H,18,19,20);1,5-7,11,20-21H,4H2,2H3,(H2,15,16,17);1,4-5,9-10,19-21H,3H2,(H2,14,15,16)/t16-,21+,22+,23+;11-,15+,16+,17+;13-,14+,15+,16+;7-,11+,12+,13+;9-,10+,11+,12+/m00000/s1/i;2T,24T;2T,23T;;. The molecule has 0 saturated carbocycles. The number of nitrogen functional groups attached to an aromatic ring is 3. The normalized spacial score (nSPS) is 31.8. The van der Waals surface area contributed by atoms with Crippen molar-refractivity contribution < 1.29 is 114 Å². The first-order chi connectivity index (χ1) is 63.3. The third-order valence-electron chi connectivity index (χ3n) is 23.0. The summed E-state index contributed by atoms with van der Waals surface area (Å²) in [5, 5.41) is 107. The summed E-state index contributed by atoms with van der Waals surface area (Å²) in [5.41, 5.74) is 8.88. The van der Waals surface area contributed by atoms with Crippen LogP contribution >= 0.6 is 0 Å². The molecule has 0 amide bonds. The van der Waals surface area contributed by atoms with E-state index >= 15 is 13.2 Å². The maximum absolute atomic E-state index is 15.8. The molecule has 5 aliphatic heterocycles. The summed E-state index contributed by atoms with van der Waals surface area (Å²) in [6.45, 7) is 4.52. The second-order valence-electron chi connectivity index (χ2n) is 30.8. The SMILES string of the molecule is C#C[C@]1(O)[C@H](n2cnc3c(N)ncnc32)O[C@](F)(CO)[C@H]1C.C#C[C@]1(O)[C@H](n2cnc3c(N)ncnc32)O[C@](F)(CO)[C@H]1O.C#C[C@]1(O)[C@H](n2cnc3c(N)ncnc32)O[C@](F)(COC(=O)CCCCCCCCC)[C@H]1C.[3H]CCNc1ncnc2c1ncn2[C@@H]1O[C@](F)(CCCO[3H])[C@@H](C)[C@]1(O)C#C.[3H]CCNc1ncnc2c1ncn2[C@@H]1O[C@](F)(CCCO[3H])[C@@H](O)[C@]1(O)C#C. The number of ether oxygens (including phenoxy) is 6.